The lowest BCUT2D eigenvalue weighted by Gasteiger charge is -2.50. The van der Waals surface area contributed by atoms with Crippen LogP contribution in [0.15, 0.2) is 42.7 Å². The summed E-state index contributed by atoms with van der Waals surface area (Å²) in [5.74, 6) is 0.0523. The minimum Gasteiger partial charge on any atom is -0.392 e. The molecule has 6 nitrogen and oxygen atoms in total. The second-order valence-corrected chi connectivity index (χ2v) is 7.73. The molecule has 138 valence electrons. The van der Waals surface area contributed by atoms with E-state index in [-0.39, 0.29) is 17.4 Å². The summed E-state index contributed by atoms with van der Waals surface area (Å²) in [5, 5.41) is 14.9. The van der Waals surface area contributed by atoms with Crippen molar-refractivity contribution < 1.29 is 9.90 Å². The number of hydrogen-bond acceptors (Lipinski definition) is 4. The van der Waals surface area contributed by atoms with Crippen LogP contribution in [0.25, 0.3) is 5.69 Å². The molecule has 1 aromatic heterocycles. The molecule has 2 aliphatic heterocycles. The highest BCUT2D eigenvalue weighted by Crippen LogP contribution is 2.38. The monoisotopic (exact) mass is 354 g/mol. The van der Waals surface area contributed by atoms with Gasteiger partial charge < -0.3 is 14.9 Å². The van der Waals surface area contributed by atoms with Crippen LogP contribution in [0.4, 0.5) is 0 Å². The van der Waals surface area contributed by atoms with E-state index in [1.807, 2.05) is 41.4 Å². The van der Waals surface area contributed by atoms with Crippen LogP contribution in [0, 0.1) is 5.41 Å². The molecule has 4 rings (SSSR count). The van der Waals surface area contributed by atoms with Gasteiger partial charge in [0.15, 0.2) is 0 Å². The van der Waals surface area contributed by atoms with Crippen molar-refractivity contribution in [2.75, 3.05) is 33.2 Å². The predicted molar refractivity (Wildman–Crippen MR) is 99.3 cm³/mol. The molecule has 1 aromatic carbocycles. The van der Waals surface area contributed by atoms with Gasteiger partial charge in [-0.05, 0) is 56.6 Å². The van der Waals surface area contributed by atoms with Gasteiger partial charge in [0, 0.05) is 49.6 Å². The Bertz CT molecular complexity index is 759. The van der Waals surface area contributed by atoms with Crippen molar-refractivity contribution in [3.05, 3.63) is 48.3 Å². The molecule has 2 saturated heterocycles. The number of aliphatic hydroxyl groups is 1. The SMILES string of the molecule is CN1CC[C@H](O)[C@@]2(CCCN(C(=O)c3ccc(-n4cccn4)cc3)C2)C1. The molecule has 1 amide bonds. The number of benzene rings is 1. The fourth-order valence-corrected chi connectivity index (χ4v) is 4.47. The van der Waals surface area contributed by atoms with Crippen molar-refractivity contribution in [3.8, 4) is 5.69 Å². The van der Waals surface area contributed by atoms with E-state index in [1.165, 1.54) is 0 Å². The van der Waals surface area contributed by atoms with Gasteiger partial charge in [0.25, 0.3) is 5.91 Å². The normalized spacial score (nSPS) is 27.0. The molecule has 0 radical (unpaired) electrons. The van der Waals surface area contributed by atoms with Crippen molar-refractivity contribution in [1.29, 1.82) is 0 Å². The van der Waals surface area contributed by atoms with Crippen molar-refractivity contribution in [2.45, 2.75) is 25.4 Å². The van der Waals surface area contributed by atoms with E-state index in [4.69, 9.17) is 0 Å². The lowest BCUT2D eigenvalue weighted by atomic mass is 9.71. The average molecular weight is 354 g/mol. The molecule has 2 fully saturated rings. The van der Waals surface area contributed by atoms with Gasteiger partial charge in [-0.2, -0.15) is 5.10 Å². The van der Waals surface area contributed by atoms with E-state index < -0.39 is 0 Å². The second kappa shape index (κ2) is 6.85. The molecule has 2 aliphatic rings. The van der Waals surface area contributed by atoms with Gasteiger partial charge in [0.2, 0.25) is 0 Å². The van der Waals surface area contributed by atoms with Crippen molar-refractivity contribution in [3.63, 3.8) is 0 Å². The summed E-state index contributed by atoms with van der Waals surface area (Å²) in [7, 11) is 2.10. The third kappa shape index (κ3) is 3.15. The minimum atomic E-state index is -0.323. The summed E-state index contributed by atoms with van der Waals surface area (Å²) in [6.07, 6.45) is 6.02. The highest BCUT2D eigenvalue weighted by atomic mass is 16.3. The average Bonchev–Trinajstić information content (AvgIpc) is 3.19. The van der Waals surface area contributed by atoms with Crippen LogP contribution < -0.4 is 0 Å². The van der Waals surface area contributed by atoms with Crippen LogP contribution in [0.2, 0.25) is 0 Å². The van der Waals surface area contributed by atoms with Crippen molar-refractivity contribution in [2.24, 2.45) is 5.41 Å². The topological polar surface area (TPSA) is 61.6 Å². The van der Waals surface area contributed by atoms with Crippen LogP contribution in [0.5, 0.6) is 0 Å². The number of rotatable bonds is 2. The summed E-state index contributed by atoms with van der Waals surface area (Å²) >= 11 is 0. The van der Waals surface area contributed by atoms with Gasteiger partial charge in [0.05, 0.1) is 11.8 Å². The number of carbonyl (C=O) groups is 1. The van der Waals surface area contributed by atoms with Crippen LogP contribution in [-0.4, -0.2) is 69.9 Å². The molecule has 6 heteroatoms. The van der Waals surface area contributed by atoms with Gasteiger partial charge in [-0.1, -0.05) is 0 Å². The Kier molecular flexibility index (Phi) is 4.54. The van der Waals surface area contributed by atoms with E-state index in [9.17, 15) is 9.90 Å². The molecule has 26 heavy (non-hydrogen) atoms. The maximum Gasteiger partial charge on any atom is 0.253 e. The van der Waals surface area contributed by atoms with Gasteiger partial charge >= 0.3 is 0 Å². The Morgan fingerprint density at radius 1 is 1.23 bits per heavy atom. The zero-order chi connectivity index (χ0) is 18.1. The van der Waals surface area contributed by atoms with E-state index in [1.54, 1.807) is 10.9 Å². The molecule has 1 spiro atoms. The minimum absolute atomic E-state index is 0.0523. The molecule has 0 unspecified atom stereocenters. The summed E-state index contributed by atoms with van der Waals surface area (Å²) < 4.78 is 1.78. The van der Waals surface area contributed by atoms with Crippen molar-refractivity contribution in [1.82, 2.24) is 19.6 Å². The van der Waals surface area contributed by atoms with Gasteiger partial charge in [-0.3, -0.25) is 4.79 Å². The number of aromatic nitrogens is 2. The molecule has 2 atom stereocenters. The molecule has 3 heterocycles. The highest BCUT2D eigenvalue weighted by molar-refractivity contribution is 5.94. The van der Waals surface area contributed by atoms with Crippen LogP contribution >= 0.6 is 0 Å². The molecule has 2 aromatic rings. The Labute approximate surface area is 154 Å². The first kappa shape index (κ1) is 17.2. The second-order valence-electron chi connectivity index (χ2n) is 7.73. The number of carbonyl (C=O) groups excluding carboxylic acids is 1. The Hall–Kier alpha value is -2.18. The Morgan fingerprint density at radius 3 is 2.77 bits per heavy atom. The lowest BCUT2D eigenvalue weighted by molar-refractivity contribution is -0.0731. The molecule has 0 bridgehead atoms. The Balaban J connectivity index is 1.51. The van der Waals surface area contributed by atoms with Crippen LogP contribution in [0.3, 0.4) is 0 Å². The van der Waals surface area contributed by atoms with E-state index in [0.717, 1.165) is 44.6 Å². The van der Waals surface area contributed by atoms with Gasteiger partial charge in [0.1, 0.15) is 0 Å². The predicted octanol–water partition coefficient (Wildman–Crippen LogP) is 1.79. The summed E-state index contributed by atoms with van der Waals surface area (Å²) in [6.45, 7) is 3.18. The number of piperidine rings is 2. The third-order valence-electron chi connectivity index (χ3n) is 5.85. The first-order chi connectivity index (χ1) is 12.6. The van der Waals surface area contributed by atoms with Gasteiger partial charge in [-0.25, -0.2) is 4.68 Å². The number of nitrogens with zero attached hydrogens (tertiary/aromatic N) is 4. The summed E-state index contributed by atoms with van der Waals surface area (Å²) in [5.41, 5.74) is 1.44. The van der Waals surface area contributed by atoms with Crippen LogP contribution in [-0.2, 0) is 0 Å². The fourth-order valence-electron chi connectivity index (χ4n) is 4.47. The first-order valence-electron chi connectivity index (χ1n) is 9.33. The molecule has 0 saturated carbocycles. The zero-order valence-corrected chi connectivity index (χ0v) is 15.2. The third-order valence-corrected chi connectivity index (χ3v) is 5.85. The molecule has 0 aliphatic carbocycles. The zero-order valence-electron chi connectivity index (χ0n) is 15.2. The summed E-state index contributed by atoms with van der Waals surface area (Å²) in [4.78, 5) is 17.2. The van der Waals surface area contributed by atoms with Crippen LogP contribution in [0.1, 0.15) is 29.6 Å². The quantitative estimate of drug-likeness (QED) is 0.893. The highest BCUT2D eigenvalue weighted by Gasteiger charge is 2.45. The largest absolute Gasteiger partial charge is 0.392 e. The maximum atomic E-state index is 13.0. The smallest absolute Gasteiger partial charge is 0.253 e. The first-order valence-corrected chi connectivity index (χ1v) is 9.33. The number of hydrogen-bond donors (Lipinski definition) is 1. The fraction of sp³-hybridized carbons (Fsp3) is 0.500. The van der Waals surface area contributed by atoms with E-state index >= 15 is 0 Å². The standard InChI is InChI=1S/C20H26N4O2/c1-22-13-8-18(25)20(14-22)9-2-11-23(15-20)19(26)16-4-6-17(7-5-16)24-12-3-10-21-24/h3-7,10,12,18,25H,2,8-9,11,13-15H2,1H3/t18-,20-/m0/s1. The molecule has 1 N–H and O–H groups in total. The number of likely N-dealkylation sites (tertiary alicyclic amines) is 2. The van der Waals surface area contributed by atoms with Gasteiger partial charge in [-0.15, -0.1) is 0 Å². The van der Waals surface area contributed by atoms with E-state index in [2.05, 4.69) is 17.0 Å². The molecular weight excluding hydrogens is 328 g/mol. The molecular formula is C20H26N4O2. The van der Waals surface area contributed by atoms with E-state index in [0.29, 0.717) is 12.1 Å². The van der Waals surface area contributed by atoms with Crippen molar-refractivity contribution >= 4 is 5.91 Å². The maximum absolute atomic E-state index is 13.0. The Morgan fingerprint density at radius 2 is 2.04 bits per heavy atom. The summed E-state index contributed by atoms with van der Waals surface area (Å²) in [6, 6.07) is 9.44. The number of aliphatic hydroxyl groups excluding tert-OH is 1. The lowest BCUT2D eigenvalue weighted by Crippen LogP contribution is -2.59. The number of amides is 1.